The van der Waals surface area contributed by atoms with Gasteiger partial charge >= 0.3 is 17.9 Å². The number of ether oxygens (including phenoxy) is 3. The van der Waals surface area contributed by atoms with Gasteiger partial charge in [0.25, 0.3) is 0 Å². The van der Waals surface area contributed by atoms with Crippen LogP contribution in [0.4, 0.5) is 0 Å². The SMILES string of the molecule is CCCCCCCCCC(=O)OC[C@H](COC(=O)CCCCCCCCCCC(C)CC)OC(=O)CCCCCCCCCCCCCCCCCC(C)C. The Kier molecular flexibility index (Phi) is 40.8. The largest absolute Gasteiger partial charge is 0.462 e. The van der Waals surface area contributed by atoms with Crippen LogP contribution in [0.15, 0.2) is 0 Å². The number of hydrogen-bond donors (Lipinski definition) is 0. The number of rotatable bonds is 43. The lowest BCUT2D eigenvalue weighted by atomic mass is 9.99. The van der Waals surface area contributed by atoms with Crippen LogP contribution >= 0.6 is 0 Å². The maximum Gasteiger partial charge on any atom is 0.306 e. The van der Waals surface area contributed by atoms with E-state index in [1.165, 1.54) is 154 Å². The van der Waals surface area contributed by atoms with E-state index in [1.54, 1.807) is 0 Å². The molecule has 1 unspecified atom stereocenters. The predicted molar refractivity (Wildman–Crippen MR) is 233 cm³/mol. The summed E-state index contributed by atoms with van der Waals surface area (Å²) in [6.07, 6.45) is 41.0. The Balaban J connectivity index is 4.22. The third-order valence-electron chi connectivity index (χ3n) is 11.3. The lowest BCUT2D eigenvalue weighted by Gasteiger charge is -2.18. The minimum atomic E-state index is -0.760. The smallest absolute Gasteiger partial charge is 0.306 e. The quantitative estimate of drug-likeness (QED) is 0.0348. The monoisotopic (exact) mass is 779 g/mol. The molecule has 55 heavy (non-hydrogen) atoms. The van der Waals surface area contributed by atoms with Crippen molar-refractivity contribution >= 4 is 17.9 Å². The lowest BCUT2D eigenvalue weighted by molar-refractivity contribution is -0.167. The molecule has 0 fully saturated rings. The van der Waals surface area contributed by atoms with Crippen LogP contribution < -0.4 is 0 Å². The van der Waals surface area contributed by atoms with Crippen molar-refractivity contribution in [3.8, 4) is 0 Å². The third kappa shape index (κ3) is 41.9. The minimum absolute atomic E-state index is 0.0651. The summed E-state index contributed by atoms with van der Waals surface area (Å²) in [5, 5.41) is 0. The van der Waals surface area contributed by atoms with E-state index in [2.05, 4.69) is 34.6 Å². The normalized spacial score (nSPS) is 12.5. The number of hydrogen-bond acceptors (Lipinski definition) is 6. The molecular weight excluding hydrogens is 685 g/mol. The molecule has 0 amide bonds. The van der Waals surface area contributed by atoms with Crippen molar-refractivity contribution in [2.75, 3.05) is 13.2 Å². The first-order valence-corrected chi connectivity index (χ1v) is 24.3. The average molecular weight is 779 g/mol. The highest BCUT2D eigenvalue weighted by Crippen LogP contribution is 2.17. The van der Waals surface area contributed by atoms with Gasteiger partial charge in [0.15, 0.2) is 6.10 Å². The summed E-state index contributed by atoms with van der Waals surface area (Å²) < 4.78 is 16.7. The van der Waals surface area contributed by atoms with Crippen LogP contribution in [0.25, 0.3) is 0 Å². The fourth-order valence-electron chi connectivity index (χ4n) is 7.25. The highest BCUT2D eigenvalue weighted by atomic mass is 16.6. The average Bonchev–Trinajstić information content (AvgIpc) is 3.17. The first-order valence-electron chi connectivity index (χ1n) is 24.3. The van der Waals surface area contributed by atoms with Crippen molar-refractivity contribution in [1.29, 1.82) is 0 Å². The number of esters is 3. The van der Waals surface area contributed by atoms with Crippen molar-refractivity contribution in [2.45, 2.75) is 272 Å². The van der Waals surface area contributed by atoms with E-state index in [0.29, 0.717) is 19.3 Å². The molecule has 0 aliphatic rings. The molecule has 6 heteroatoms. The summed E-state index contributed by atoms with van der Waals surface area (Å²) in [7, 11) is 0. The molecule has 0 bridgehead atoms. The van der Waals surface area contributed by atoms with E-state index in [9.17, 15) is 14.4 Å². The fraction of sp³-hybridized carbons (Fsp3) is 0.939. The van der Waals surface area contributed by atoms with Gasteiger partial charge in [-0.1, -0.05) is 227 Å². The molecule has 0 heterocycles. The number of unbranched alkanes of at least 4 members (excludes halogenated alkanes) is 27. The van der Waals surface area contributed by atoms with Crippen LogP contribution in [0, 0.1) is 11.8 Å². The standard InChI is InChI=1S/C49H94O6/c1-6-8-9-10-22-29-34-39-47(50)53-42-46(43-54-48(51)40-35-30-25-21-20-24-28-33-38-45(5)7-2)55-49(52)41-36-31-26-19-17-15-13-11-12-14-16-18-23-27-32-37-44(3)4/h44-46H,6-43H2,1-5H3/t45?,46-/m1/s1. The van der Waals surface area contributed by atoms with Crippen LogP contribution in [-0.2, 0) is 28.6 Å². The Morgan fingerprint density at radius 2 is 0.691 bits per heavy atom. The summed E-state index contributed by atoms with van der Waals surface area (Å²) in [5.74, 6) is 0.836. The topological polar surface area (TPSA) is 78.9 Å². The maximum atomic E-state index is 12.7. The zero-order chi connectivity index (χ0) is 40.5. The fourth-order valence-corrected chi connectivity index (χ4v) is 7.25. The highest BCUT2D eigenvalue weighted by molar-refractivity contribution is 5.71. The van der Waals surface area contributed by atoms with Gasteiger partial charge in [-0.05, 0) is 31.1 Å². The molecule has 0 saturated carbocycles. The zero-order valence-corrected chi connectivity index (χ0v) is 37.6. The molecule has 0 aromatic carbocycles. The Labute approximate surface area is 342 Å². The Bertz CT molecular complexity index is 841. The van der Waals surface area contributed by atoms with Crippen molar-refractivity contribution in [3.05, 3.63) is 0 Å². The molecule has 0 rings (SSSR count). The number of carbonyl (C=O) groups excluding carboxylic acids is 3. The van der Waals surface area contributed by atoms with Crippen molar-refractivity contribution in [1.82, 2.24) is 0 Å². The van der Waals surface area contributed by atoms with Crippen LogP contribution in [-0.4, -0.2) is 37.2 Å². The Morgan fingerprint density at radius 3 is 1.04 bits per heavy atom. The van der Waals surface area contributed by atoms with Gasteiger partial charge in [0.1, 0.15) is 13.2 Å². The van der Waals surface area contributed by atoms with Crippen molar-refractivity contribution in [2.24, 2.45) is 11.8 Å². The first kappa shape index (κ1) is 53.4. The number of carbonyl (C=O) groups is 3. The van der Waals surface area contributed by atoms with Gasteiger partial charge in [0.2, 0.25) is 0 Å². The molecule has 6 nitrogen and oxygen atoms in total. The van der Waals surface area contributed by atoms with Gasteiger partial charge in [-0.3, -0.25) is 14.4 Å². The minimum Gasteiger partial charge on any atom is -0.462 e. The van der Waals surface area contributed by atoms with Crippen LogP contribution in [0.2, 0.25) is 0 Å². The Morgan fingerprint density at radius 1 is 0.382 bits per heavy atom. The van der Waals surface area contributed by atoms with E-state index in [-0.39, 0.29) is 31.1 Å². The van der Waals surface area contributed by atoms with Crippen LogP contribution in [0.5, 0.6) is 0 Å². The second kappa shape index (κ2) is 42.0. The van der Waals surface area contributed by atoms with Crippen LogP contribution in [0.1, 0.15) is 266 Å². The second-order valence-corrected chi connectivity index (χ2v) is 17.5. The molecule has 0 aromatic heterocycles. The molecule has 0 N–H and O–H groups in total. The summed E-state index contributed by atoms with van der Waals surface area (Å²) in [4.78, 5) is 37.7. The second-order valence-electron chi connectivity index (χ2n) is 17.5. The molecule has 0 radical (unpaired) electrons. The van der Waals surface area contributed by atoms with Gasteiger partial charge in [-0.25, -0.2) is 0 Å². The lowest BCUT2D eigenvalue weighted by Crippen LogP contribution is -2.30. The molecular formula is C49H94O6. The van der Waals surface area contributed by atoms with Gasteiger partial charge < -0.3 is 14.2 Å². The molecule has 0 spiro atoms. The summed E-state index contributed by atoms with van der Waals surface area (Å²) in [6, 6.07) is 0. The molecule has 2 atom stereocenters. The summed E-state index contributed by atoms with van der Waals surface area (Å²) in [5.41, 5.74) is 0. The van der Waals surface area contributed by atoms with E-state index in [4.69, 9.17) is 14.2 Å². The summed E-state index contributed by atoms with van der Waals surface area (Å²) in [6.45, 7) is 11.3. The van der Waals surface area contributed by atoms with Gasteiger partial charge in [-0.2, -0.15) is 0 Å². The van der Waals surface area contributed by atoms with Crippen molar-refractivity contribution < 1.29 is 28.6 Å². The molecule has 0 aromatic rings. The maximum absolute atomic E-state index is 12.7. The van der Waals surface area contributed by atoms with E-state index in [0.717, 1.165) is 69.6 Å². The molecule has 0 saturated heterocycles. The molecule has 0 aliphatic carbocycles. The van der Waals surface area contributed by atoms with Crippen LogP contribution in [0.3, 0.4) is 0 Å². The highest BCUT2D eigenvalue weighted by Gasteiger charge is 2.19. The molecule has 326 valence electrons. The van der Waals surface area contributed by atoms with Gasteiger partial charge in [0, 0.05) is 19.3 Å². The predicted octanol–water partition coefficient (Wildman–Crippen LogP) is 15.4. The van der Waals surface area contributed by atoms with Crippen molar-refractivity contribution in [3.63, 3.8) is 0 Å². The van der Waals surface area contributed by atoms with Gasteiger partial charge in [-0.15, -0.1) is 0 Å². The van der Waals surface area contributed by atoms with E-state index in [1.807, 2.05) is 0 Å². The summed E-state index contributed by atoms with van der Waals surface area (Å²) >= 11 is 0. The van der Waals surface area contributed by atoms with E-state index >= 15 is 0 Å². The zero-order valence-electron chi connectivity index (χ0n) is 37.6. The molecule has 0 aliphatic heterocycles. The first-order chi connectivity index (χ1) is 26.8. The Hall–Kier alpha value is -1.59. The third-order valence-corrected chi connectivity index (χ3v) is 11.3. The van der Waals surface area contributed by atoms with E-state index < -0.39 is 6.10 Å². The van der Waals surface area contributed by atoms with Gasteiger partial charge in [0.05, 0.1) is 0 Å².